The molecule has 2 rings (SSSR count). The first-order valence-corrected chi connectivity index (χ1v) is 6.74. The number of hydrogen-bond donors (Lipinski definition) is 1. The van der Waals surface area contributed by atoms with E-state index in [9.17, 15) is 9.18 Å². The van der Waals surface area contributed by atoms with Crippen LogP contribution in [0.4, 0.5) is 4.39 Å². The number of rotatable bonds is 6. The zero-order chi connectivity index (χ0) is 15.2. The summed E-state index contributed by atoms with van der Waals surface area (Å²) < 4.78 is 20.8. The summed E-state index contributed by atoms with van der Waals surface area (Å²) in [6.45, 7) is 2.54. The maximum Gasteiger partial charge on any atom is 0.258 e. The van der Waals surface area contributed by atoms with E-state index in [1.54, 1.807) is 18.6 Å². The van der Waals surface area contributed by atoms with E-state index in [2.05, 4.69) is 10.3 Å². The van der Waals surface area contributed by atoms with Crippen LogP contribution in [0.25, 0.3) is 0 Å². The Labute approximate surface area is 122 Å². The van der Waals surface area contributed by atoms with Crippen LogP contribution in [-0.4, -0.2) is 28.6 Å². The summed E-state index contributed by atoms with van der Waals surface area (Å²) in [5.74, 6) is -0.841. The predicted molar refractivity (Wildman–Crippen MR) is 76.7 cm³/mol. The number of hydrogen-bond acceptors (Lipinski definition) is 3. The van der Waals surface area contributed by atoms with Crippen molar-refractivity contribution < 1.29 is 13.9 Å². The van der Waals surface area contributed by atoms with Crippen molar-refractivity contribution in [2.24, 2.45) is 0 Å². The van der Waals surface area contributed by atoms with Gasteiger partial charge in [0.05, 0.1) is 13.4 Å². The summed E-state index contributed by atoms with van der Waals surface area (Å²) in [6, 6.07) is 4.20. The molecular weight excluding hydrogens is 273 g/mol. The number of benzene rings is 1. The molecule has 0 bridgehead atoms. The summed E-state index contributed by atoms with van der Waals surface area (Å²) in [7, 11) is 1.41. The number of carbonyl (C=O) groups excluding carboxylic acids is 1. The Morgan fingerprint density at radius 1 is 1.52 bits per heavy atom. The topological polar surface area (TPSA) is 56.2 Å². The first-order valence-electron chi connectivity index (χ1n) is 6.74. The van der Waals surface area contributed by atoms with Gasteiger partial charge >= 0.3 is 0 Å². The van der Waals surface area contributed by atoms with Gasteiger partial charge in [0.15, 0.2) is 0 Å². The number of nitrogens with one attached hydrogen (secondary N) is 1. The summed E-state index contributed by atoms with van der Waals surface area (Å²) in [5.41, 5.74) is -0.0657. The predicted octanol–water partition coefficient (Wildman–Crippen LogP) is 2.24. The maximum absolute atomic E-state index is 13.9. The van der Waals surface area contributed by atoms with E-state index in [4.69, 9.17) is 4.74 Å². The average molecular weight is 291 g/mol. The molecule has 112 valence electrons. The summed E-state index contributed by atoms with van der Waals surface area (Å²) >= 11 is 0. The first-order chi connectivity index (χ1) is 10.2. The Morgan fingerprint density at radius 2 is 2.33 bits per heavy atom. The fourth-order valence-corrected chi connectivity index (χ4v) is 2.08. The van der Waals surface area contributed by atoms with E-state index in [1.807, 2.05) is 17.7 Å². The van der Waals surface area contributed by atoms with Gasteiger partial charge < -0.3 is 14.6 Å². The van der Waals surface area contributed by atoms with Crippen molar-refractivity contribution in [1.82, 2.24) is 14.9 Å². The molecule has 0 fully saturated rings. The molecule has 1 N–H and O–H groups in total. The highest BCUT2D eigenvalue weighted by Crippen LogP contribution is 2.21. The minimum Gasteiger partial charge on any atom is -0.496 e. The third kappa shape index (κ3) is 3.59. The smallest absolute Gasteiger partial charge is 0.258 e. The lowest BCUT2D eigenvalue weighted by Gasteiger charge is -2.18. The highest BCUT2D eigenvalue weighted by molar-refractivity contribution is 5.97. The highest BCUT2D eigenvalue weighted by Gasteiger charge is 2.20. The van der Waals surface area contributed by atoms with Crippen molar-refractivity contribution in [3.63, 3.8) is 0 Å². The van der Waals surface area contributed by atoms with Gasteiger partial charge in [-0.1, -0.05) is 13.0 Å². The second kappa shape index (κ2) is 6.88. The van der Waals surface area contributed by atoms with Crippen LogP contribution in [0.2, 0.25) is 0 Å². The second-order valence-corrected chi connectivity index (χ2v) is 4.66. The van der Waals surface area contributed by atoms with Gasteiger partial charge in [-0.2, -0.15) is 0 Å². The number of imidazole rings is 1. The van der Waals surface area contributed by atoms with Gasteiger partial charge in [-0.15, -0.1) is 0 Å². The van der Waals surface area contributed by atoms with Crippen molar-refractivity contribution in [2.75, 3.05) is 7.11 Å². The monoisotopic (exact) mass is 291 g/mol. The number of aromatic nitrogens is 2. The van der Waals surface area contributed by atoms with Crippen LogP contribution in [0.3, 0.4) is 0 Å². The second-order valence-electron chi connectivity index (χ2n) is 4.66. The molecule has 21 heavy (non-hydrogen) atoms. The van der Waals surface area contributed by atoms with Crippen LogP contribution in [0.1, 0.15) is 23.7 Å². The fourth-order valence-electron chi connectivity index (χ4n) is 2.08. The van der Waals surface area contributed by atoms with Gasteiger partial charge in [0, 0.05) is 25.0 Å². The highest BCUT2D eigenvalue weighted by atomic mass is 19.1. The van der Waals surface area contributed by atoms with Crippen molar-refractivity contribution in [3.8, 4) is 5.75 Å². The zero-order valence-electron chi connectivity index (χ0n) is 12.0. The average Bonchev–Trinajstić information content (AvgIpc) is 2.98. The van der Waals surface area contributed by atoms with E-state index >= 15 is 0 Å². The lowest BCUT2D eigenvalue weighted by Crippen LogP contribution is -2.37. The van der Waals surface area contributed by atoms with Gasteiger partial charge in [0.2, 0.25) is 0 Å². The van der Waals surface area contributed by atoms with Crippen LogP contribution >= 0.6 is 0 Å². The first kappa shape index (κ1) is 15.0. The molecule has 0 spiro atoms. The van der Waals surface area contributed by atoms with Gasteiger partial charge in [0.25, 0.3) is 5.91 Å². The molecule has 2 aromatic rings. The lowest BCUT2D eigenvalue weighted by atomic mass is 10.1. The number of ether oxygens (including phenoxy) is 1. The Morgan fingerprint density at radius 3 is 2.95 bits per heavy atom. The number of carbonyl (C=O) groups is 1. The lowest BCUT2D eigenvalue weighted by molar-refractivity contribution is 0.0924. The Kier molecular flexibility index (Phi) is 4.92. The Hall–Kier alpha value is -2.37. The van der Waals surface area contributed by atoms with Crippen molar-refractivity contribution in [1.29, 1.82) is 0 Å². The maximum atomic E-state index is 13.9. The molecule has 0 radical (unpaired) electrons. The largest absolute Gasteiger partial charge is 0.496 e. The summed E-state index contributed by atoms with van der Waals surface area (Å²) in [5, 5.41) is 2.83. The third-order valence-electron chi connectivity index (χ3n) is 3.24. The Bertz CT molecular complexity index is 599. The quantitative estimate of drug-likeness (QED) is 0.888. The third-order valence-corrected chi connectivity index (χ3v) is 3.24. The van der Waals surface area contributed by atoms with Crippen LogP contribution in [0.15, 0.2) is 36.9 Å². The molecular formula is C15H18FN3O2. The number of methoxy groups -OCH3 is 1. The van der Waals surface area contributed by atoms with Crippen LogP contribution in [0, 0.1) is 5.82 Å². The minimum atomic E-state index is -0.593. The van der Waals surface area contributed by atoms with Crippen molar-refractivity contribution in [3.05, 3.63) is 48.3 Å². The normalized spacial score (nSPS) is 12.0. The van der Waals surface area contributed by atoms with E-state index in [-0.39, 0.29) is 17.4 Å². The van der Waals surface area contributed by atoms with Crippen LogP contribution in [0.5, 0.6) is 5.75 Å². The van der Waals surface area contributed by atoms with Gasteiger partial charge in [-0.25, -0.2) is 9.37 Å². The van der Waals surface area contributed by atoms with E-state index in [0.717, 1.165) is 6.42 Å². The number of halogens is 1. The number of nitrogens with zero attached hydrogens (tertiary/aromatic N) is 2. The van der Waals surface area contributed by atoms with Crippen molar-refractivity contribution >= 4 is 5.91 Å². The molecule has 1 aromatic carbocycles. The molecule has 0 aliphatic rings. The zero-order valence-corrected chi connectivity index (χ0v) is 12.0. The molecule has 1 amide bonds. The molecule has 1 heterocycles. The Balaban J connectivity index is 2.13. The van der Waals surface area contributed by atoms with E-state index in [0.29, 0.717) is 6.54 Å². The minimum absolute atomic E-state index is 0.0657. The molecule has 5 nitrogen and oxygen atoms in total. The van der Waals surface area contributed by atoms with Crippen molar-refractivity contribution in [2.45, 2.75) is 25.9 Å². The van der Waals surface area contributed by atoms with Crippen LogP contribution < -0.4 is 10.1 Å². The molecule has 0 aliphatic heterocycles. The molecule has 0 aliphatic carbocycles. The van der Waals surface area contributed by atoms with Crippen LogP contribution in [-0.2, 0) is 6.54 Å². The summed E-state index contributed by atoms with van der Waals surface area (Å²) in [6.07, 6.45) is 5.89. The van der Waals surface area contributed by atoms with E-state index in [1.165, 1.54) is 19.2 Å². The van der Waals surface area contributed by atoms with Gasteiger partial charge in [-0.05, 0) is 18.6 Å². The molecule has 0 saturated carbocycles. The molecule has 6 heteroatoms. The molecule has 1 aromatic heterocycles. The standard InChI is InChI=1S/C15H18FN3O2/c1-3-11(9-19-8-7-17-10-19)18-15(20)14-12(16)5-4-6-13(14)21-2/h4-8,10-11H,3,9H2,1-2H3,(H,18,20)/t11-/m1/s1. The fraction of sp³-hybridized carbons (Fsp3) is 0.333. The molecule has 0 saturated heterocycles. The van der Waals surface area contributed by atoms with Gasteiger partial charge in [0.1, 0.15) is 17.1 Å². The SMILES string of the molecule is CC[C@H](Cn1ccnc1)NC(=O)c1c(F)cccc1OC. The number of amides is 1. The molecule has 0 unspecified atom stereocenters. The van der Waals surface area contributed by atoms with E-state index < -0.39 is 11.7 Å². The molecule has 1 atom stereocenters. The van der Waals surface area contributed by atoms with Gasteiger partial charge in [-0.3, -0.25) is 4.79 Å². The summed E-state index contributed by atoms with van der Waals surface area (Å²) in [4.78, 5) is 16.2.